The molecule has 2 heterocycles. The van der Waals surface area contributed by atoms with E-state index >= 15 is 0 Å². The summed E-state index contributed by atoms with van der Waals surface area (Å²) in [6.45, 7) is 0.489. The Morgan fingerprint density at radius 1 is 1.06 bits per heavy atom. The monoisotopic (exact) mass is 224 g/mol. The fourth-order valence-electron chi connectivity index (χ4n) is 1.80. The molecule has 0 unspecified atom stereocenters. The van der Waals surface area contributed by atoms with Gasteiger partial charge in [-0.2, -0.15) is 0 Å². The highest BCUT2D eigenvalue weighted by Crippen LogP contribution is 2.25. The van der Waals surface area contributed by atoms with Crippen molar-refractivity contribution in [2.24, 2.45) is 0 Å². The van der Waals surface area contributed by atoms with Crippen LogP contribution in [0.5, 0.6) is 5.75 Å². The maximum absolute atomic E-state index is 5.75. The minimum atomic E-state index is 0.489. The van der Waals surface area contributed by atoms with Gasteiger partial charge in [-0.05, 0) is 24.3 Å². The molecular weight excluding hydrogens is 212 g/mol. The third-order valence-corrected chi connectivity index (χ3v) is 2.65. The molecule has 0 fully saturated rings. The van der Waals surface area contributed by atoms with Gasteiger partial charge in [-0.1, -0.05) is 18.2 Å². The lowest BCUT2D eigenvalue weighted by Gasteiger charge is -2.03. The van der Waals surface area contributed by atoms with Crippen molar-refractivity contribution in [1.29, 1.82) is 0 Å². The third kappa shape index (κ3) is 1.99. The molecule has 1 aromatic carbocycles. The molecule has 84 valence electrons. The number of rotatable bonds is 3. The smallest absolute Gasteiger partial charge is 0.145 e. The first kappa shape index (κ1) is 9.90. The second-order valence-electron chi connectivity index (χ2n) is 3.81. The highest BCUT2D eigenvalue weighted by atomic mass is 16.5. The zero-order chi connectivity index (χ0) is 11.5. The molecule has 0 aliphatic rings. The van der Waals surface area contributed by atoms with Crippen LogP contribution >= 0.6 is 0 Å². The van der Waals surface area contributed by atoms with Crippen molar-refractivity contribution in [3.05, 3.63) is 60.6 Å². The van der Waals surface area contributed by atoms with Crippen LogP contribution in [0.25, 0.3) is 10.9 Å². The summed E-state index contributed by atoms with van der Waals surface area (Å²) in [7, 11) is 0. The van der Waals surface area contributed by atoms with Gasteiger partial charge >= 0.3 is 0 Å². The maximum atomic E-state index is 5.75. The summed E-state index contributed by atoms with van der Waals surface area (Å²) < 4.78 is 5.75. The largest absolute Gasteiger partial charge is 0.485 e. The number of ether oxygens (including phenoxy) is 1. The molecule has 0 amide bonds. The van der Waals surface area contributed by atoms with E-state index in [4.69, 9.17) is 4.74 Å². The summed E-state index contributed by atoms with van der Waals surface area (Å²) in [4.78, 5) is 7.40. The van der Waals surface area contributed by atoms with Crippen LogP contribution in [0, 0.1) is 0 Å². The van der Waals surface area contributed by atoms with Crippen molar-refractivity contribution in [1.82, 2.24) is 9.97 Å². The van der Waals surface area contributed by atoms with E-state index in [9.17, 15) is 0 Å². The van der Waals surface area contributed by atoms with Gasteiger partial charge in [0.25, 0.3) is 0 Å². The van der Waals surface area contributed by atoms with E-state index in [-0.39, 0.29) is 0 Å². The van der Waals surface area contributed by atoms with E-state index in [1.54, 1.807) is 6.20 Å². The van der Waals surface area contributed by atoms with Crippen molar-refractivity contribution in [3.63, 3.8) is 0 Å². The van der Waals surface area contributed by atoms with Crippen LogP contribution in [0.2, 0.25) is 0 Å². The number of fused-ring (bicyclic) bond motifs is 1. The van der Waals surface area contributed by atoms with E-state index in [0.29, 0.717) is 6.61 Å². The van der Waals surface area contributed by atoms with Gasteiger partial charge in [-0.3, -0.25) is 4.98 Å². The Morgan fingerprint density at radius 3 is 2.82 bits per heavy atom. The topological polar surface area (TPSA) is 37.9 Å². The molecule has 3 rings (SSSR count). The Labute approximate surface area is 99.1 Å². The number of hydrogen-bond acceptors (Lipinski definition) is 2. The van der Waals surface area contributed by atoms with E-state index in [1.165, 1.54) is 0 Å². The molecule has 3 nitrogen and oxygen atoms in total. The zero-order valence-corrected chi connectivity index (χ0v) is 9.26. The molecule has 0 radical (unpaired) electrons. The number of nitrogens with zero attached hydrogens (tertiary/aromatic N) is 1. The summed E-state index contributed by atoms with van der Waals surface area (Å²) in [6, 6.07) is 13.9. The van der Waals surface area contributed by atoms with Crippen molar-refractivity contribution in [3.8, 4) is 5.75 Å². The van der Waals surface area contributed by atoms with Crippen molar-refractivity contribution >= 4 is 10.9 Å². The number of nitrogens with one attached hydrogen (secondary N) is 1. The molecule has 0 aliphatic heterocycles. The quantitative estimate of drug-likeness (QED) is 0.742. The predicted octanol–water partition coefficient (Wildman–Crippen LogP) is 3.14. The van der Waals surface area contributed by atoms with E-state index in [0.717, 1.165) is 22.3 Å². The number of benzene rings is 1. The number of para-hydroxylation sites is 1. The predicted molar refractivity (Wildman–Crippen MR) is 66.9 cm³/mol. The van der Waals surface area contributed by atoms with Gasteiger partial charge in [0.1, 0.15) is 12.4 Å². The second kappa shape index (κ2) is 4.29. The number of pyridine rings is 1. The Hall–Kier alpha value is -2.29. The molecule has 0 bridgehead atoms. The highest BCUT2D eigenvalue weighted by molar-refractivity contribution is 5.85. The molecule has 0 atom stereocenters. The highest BCUT2D eigenvalue weighted by Gasteiger charge is 2.03. The van der Waals surface area contributed by atoms with Gasteiger partial charge in [0, 0.05) is 23.3 Å². The van der Waals surface area contributed by atoms with Crippen molar-refractivity contribution in [2.45, 2.75) is 6.61 Å². The number of hydrogen-bond donors (Lipinski definition) is 1. The Kier molecular flexibility index (Phi) is 2.50. The molecule has 2 aromatic heterocycles. The molecule has 0 saturated heterocycles. The summed E-state index contributed by atoms with van der Waals surface area (Å²) in [5.74, 6) is 0.867. The Morgan fingerprint density at radius 2 is 1.94 bits per heavy atom. The number of aromatic amines is 1. The minimum Gasteiger partial charge on any atom is -0.485 e. The van der Waals surface area contributed by atoms with Gasteiger partial charge in [0.05, 0.1) is 5.69 Å². The molecular formula is C14H12N2O. The molecule has 1 N–H and O–H groups in total. The fraction of sp³-hybridized carbons (Fsp3) is 0.0714. The summed E-state index contributed by atoms with van der Waals surface area (Å²) in [5.41, 5.74) is 2.02. The van der Waals surface area contributed by atoms with Crippen LogP contribution in [-0.4, -0.2) is 9.97 Å². The normalized spacial score (nSPS) is 10.6. The summed E-state index contributed by atoms with van der Waals surface area (Å²) in [6.07, 6.45) is 3.65. The number of aromatic nitrogens is 2. The van der Waals surface area contributed by atoms with Crippen molar-refractivity contribution in [2.75, 3.05) is 0 Å². The lowest BCUT2D eigenvalue weighted by atomic mass is 10.2. The zero-order valence-electron chi connectivity index (χ0n) is 9.26. The van der Waals surface area contributed by atoms with Gasteiger partial charge in [0.15, 0.2) is 0 Å². The third-order valence-electron chi connectivity index (χ3n) is 2.65. The summed E-state index contributed by atoms with van der Waals surface area (Å²) >= 11 is 0. The van der Waals surface area contributed by atoms with E-state index in [1.807, 2.05) is 48.7 Å². The Balaban J connectivity index is 1.82. The SMILES string of the molecule is c1ccc(COc2c[nH]c3ccccc23)nc1. The van der Waals surface area contributed by atoms with Crippen LogP contribution in [0.4, 0.5) is 0 Å². The molecule has 3 heteroatoms. The minimum absolute atomic E-state index is 0.489. The van der Waals surface area contributed by atoms with Gasteiger partial charge < -0.3 is 9.72 Å². The second-order valence-corrected chi connectivity index (χ2v) is 3.81. The van der Waals surface area contributed by atoms with Crippen LogP contribution in [0.15, 0.2) is 54.9 Å². The first-order valence-corrected chi connectivity index (χ1v) is 5.52. The lowest BCUT2D eigenvalue weighted by Crippen LogP contribution is -1.96. The first-order chi connectivity index (χ1) is 8.43. The van der Waals surface area contributed by atoms with Gasteiger partial charge in [0.2, 0.25) is 0 Å². The van der Waals surface area contributed by atoms with Crippen molar-refractivity contribution < 1.29 is 4.74 Å². The van der Waals surface area contributed by atoms with Crippen LogP contribution in [0.1, 0.15) is 5.69 Å². The van der Waals surface area contributed by atoms with Gasteiger partial charge in [-0.25, -0.2) is 0 Å². The average molecular weight is 224 g/mol. The fourth-order valence-corrected chi connectivity index (χ4v) is 1.80. The van der Waals surface area contributed by atoms with Crippen LogP contribution in [0.3, 0.4) is 0 Å². The molecule has 0 spiro atoms. The summed E-state index contributed by atoms with van der Waals surface area (Å²) in [5, 5.41) is 1.10. The lowest BCUT2D eigenvalue weighted by molar-refractivity contribution is 0.305. The number of H-pyrrole nitrogens is 1. The van der Waals surface area contributed by atoms with Gasteiger partial charge in [-0.15, -0.1) is 0 Å². The maximum Gasteiger partial charge on any atom is 0.145 e. The Bertz CT molecular complexity index is 616. The molecule has 3 aromatic rings. The standard InChI is InChI=1S/C14H12N2O/c1-2-7-13-12(6-1)14(9-16-13)17-10-11-5-3-4-8-15-11/h1-9,16H,10H2. The van der Waals surface area contributed by atoms with E-state index in [2.05, 4.69) is 9.97 Å². The first-order valence-electron chi connectivity index (χ1n) is 5.52. The molecule has 17 heavy (non-hydrogen) atoms. The van der Waals surface area contributed by atoms with E-state index < -0.39 is 0 Å². The van der Waals surface area contributed by atoms with Crippen LogP contribution in [-0.2, 0) is 6.61 Å². The molecule has 0 aliphatic carbocycles. The molecule has 0 saturated carbocycles. The average Bonchev–Trinajstić information content (AvgIpc) is 2.81. The van der Waals surface area contributed by atoms with Crippen LogP contribution < -0.4 is 4.74 Å².